The Bertz CT molecular complexity index is 964. The lowest BCUT2D eigenvalue weighted by atomic mass is 10.1. The average molecular weight is 274 g/mol. The topological polar surface area (TPSA) is 43.6 Å². The third-order valence-electron chi connectivity index (χ3n) is 3.92. The molecule has 0 radical (unpaired) electrons. The minimum absolute atomic E-state index is 0.916. The zero-order valence-corrected chi connectivity index (χ0v) is 11.9. The van der Waals surface area contributed by atoms with Gasteiger partial charge >= 0.3 is 0 Å². The van der Waals surface area contributed by atoms with Crippen molar-refractivity contribution < 1.29 is 0 Å². The Morgan fingerprint density at radius 1 is 0.905 bits per heavy atom. The zero-order chi connectivity index (χ0) is 14.4. The van der Waals surface area contributed by atoms with Crippen molar-refractivity contribution in [2.75, 3.05) is 0 Å². The molecular formula is C17H14N4. The molecule has 0 aliphatic carbocycles. The maximum atomic E-state index is 4.40. The third kappa shape index (κ3) is 1.80. The van der Waals surface area contributed by atoms with Crippen LogP contribution in [0, 0.1) is 13.8 Å². The number of pyridine rings is 1. The van der Waals surface area contributed by atoms with E-state index in [1.54, 1.807) is 0 Å². The number of hydrogen-bond acceptors (Lipinski definition) is 3. The highest BCUT2D eigenvalue weighted by Gasteiger charge is 2.11. The summed E-state index contributed by atoms with van der Waals surface area (Å²) in [6, 6.07) is 14.3. The minimum Gasteiger partial charge on any atom is -0.256 e. The average Bonchev–Trinajstić information content (AvgIpc) is 2.90. The first kappa shape index (κ1) is 12.0. The highest BCUT2D eigenvalue weighted by atomic mass is 15.4. The van der Waals surface area contributed by atoms with E-state index in [0.717, 1.165) is 27.6 Å². The Morgan fingerprint density at radius 2 is 1.71 bits per heavy atom. The first-order chi connectivity index (χ1) is 10.2. The van der Waals surface area contributed by atoms with Gasteiger partial charge in [0.15, 0.2) is 0 Å². The summed E-state index contributed by atoms with van der Waals surface area (Å²) in [4.78, 5) is 4.40. The van der Waals surface area contributed by atoms with Crippen LogP contribution in [-0.2, 0) is 0 Å². The number of para-hydroxylation sites is 1. The molecule has 0 N–H and O–H groups in total. The van der Waals surface area contributed by atoms with Gasteiger partial charge in [-0.2, -0.15) is 0 Å². The quantitative estimate of drug-likeness (QED) is 0.533. The van der Waals surface area contributed by atoms with E-state index in [-0.39, 0.29) is 0 Å². The maximum Gasteiger partial charge on any atom is 0.113 e. The van der Waals surface area contributed by atoms with Crippen molar-refractivity contribution in [3.63, 3.8) is 0 Å². The van der Waals surface area contributed by atoms with Crippen molar-refractivity contribution in [3.8, 4) is 5.69 Å². The fourth-order valence-corrected chi connectivity index (χ4v) is 2.62. The Labute approximate surface area is 122 Å². The number of fused-ring (bicyclic) bond motifs is 2. The highest BCUT2D eigenvalue weighted by Crippen LogP contribution is 2.24. The lowest BCUT2D eigenvalue weighted by molar-refractivity contribution is 0.828. The summed E-state index contributed by atoms with van der Waals surface area (Å²) in [7, 11) is 0. The molecule has 0 aliphatic heterocycles. The van der Waals surface area contributed by atoms with Crippen LogP contribution in [0.1, 0.15) is 11.1 Å². The summed E-state index contributed by atoms with van der Waals surface area (Å²) >= 11 is 0. The number of benzene rings is 2. The van der Waals surface area contributed by atoms with Crippen LogP contribution in [0.2, 0.25) is 0 Å². The predicted molar refractivity (Wildman–Crippen MR) is 83.6 cm³/mol. The molecule has 0 bridgehead atoms. The van der Waals surface area contributed by atoms with Crippen LogP contribution in [0.15, 0.2) is 48.7 Å². The van der Waals surface area contributed by atoms with Crippen LogP contribution in [0.25, 0.3) is 27.6 Å². The summed E-state index contributed by atoms with van der Waals surface area (Å²) in [5.41, 5.74) is 6.38. The lowest BCUT2D eigenvalue weighted by Crippen LogP contribution is -1.98. The van der Waals surface area contributed by atoms with Crippen molar-refractivity contribution in [3.05, 3.63) is 59.8 Å². The van der Waals surface area contributed by atoms with Crippen LogP contribution in [0.3, 0.4) is 0 Å². The van der Waals surface area contributed by atoms with Crippen molar-refractivity contribution in [2.24, 2.45) is 0 Å². The molecule has 21 heavy (non-hydrogen) atoms. The molecule has 0 aliphatic rings. The summed E-state index contributed by atoms with van der Waals surface area (Å²) in [5.74, 6) is 0. The minimum atomic E-state index is 0.916. The van der Waals surface area contributed by atoms with Crippen molar-refractivity contribution in [1.29, 1.82) is 0 Å². The molecule has 0 fully saturated rings. The number of hydrogen-bond donors (Lipinski definition) is 0. The van der Waals surface area contributed by atoms with E-state index < -0.39 is 0 Å². The molecule has 4 rings (SSSR count). The monoisotopic (exact) mass is 274 g/mol. The fourth-order valence-electron chi connectivity index (χ4n) is 2.62. The SMILES string of the molecule is Cc1cc2nnn(-c3ccnc4ccccc34)c2cc1C. The third-order valence-corrected chi connectivity index (χ3v) is 3.92. The van der Waals surface area contributed by atoms with Gasteiger partial charge in [-0.1, -0.05) is 23.4 Å². The standard InChI is InChI=1S/C17H14N4/c1-11-9-15-17(10-12(11)2)21(20-19-15)16-7-8-18-14-6-4-3-5-13(14)16/h3-10H,1-2H3. The lowest BCUT2D eigenvalue weighted by Gasteiger charge is -2.07. The summed E-state index contributed by atoms with van der Waals surface area (Å²) in [6.45, 7) is 4.20. The molecule has 0 saturated carbocycles. The molecule has 0 amide bonds. The van der Waals surface area contributed by atoms with Crippen molar-refractivity contribution in [1.82, 2.24) is 20.0 Å². The van der Waals surface area contributed by atoms with E-state index in [1.165, 1.54) is 11.1 Å². The fraction of sp³-hybridized carbons (Fsp3) is 0.118. The number of rotatable bonds is 1. The number of aromatic nitrogens is 4. The second kappa shape index (κ2) is 4.38. The highest BCUT2D eigenvalue weighted by molar-refractivity contribution is 5.89. The molecule has 4 nitrogen and oxygen atoms in total. The molecule has 2 heterocycles. The maximum absolute atomic E-state index is 4.40. The second-order valence-corrected chi connectivity index (χ2v) is 5.27. The number of aryl methyl sites for hydroxylation is 2. The van der Waals surface area contributed by atoms with Crippen LogP contribution in [-0.4, -0.2) is 20.0 Å². The Morgan fingerprint density at radius 3 is 2.62 bits per heavy atom. The molecule has 102 valence electrons. The van der Waals surface area contributed by atoms with E-state index in [0.29, 0.717) is 0 Å². The molecule has 0 unspecified atom stereocenters. The molecule has 0 atom stereocenters. The van der Waals surface area contributed by atoms with Gasteiger partial charge in [0.2, 0.25) is 0 Å². The first-order valence-electron chi connectivity index (χ1n) is 6.91. The van der Waals surface area contributed by atoms with Crippen molar-refractivity contribution in [2.45, 2.75) is 13.8 Å². The van der Waals surface area contributed by atoms with Gasteiger partial charge in [0.05, 0.1) is 16.7 Å². The summed E-state index contributed by atoms with van der Waals surface area (Å²) in [6.07, 6.45) is 1.81. The van der Waals surface area contributed by atoms with Gasteiger partial charge in [0.1, 0.15) is 5.52 Å². The van der Waals surface area contributed by atoms with Gasteiger partial charge in [0.25, 0.3) is 0 Å². The number of nitrogens with zero attached hydrogens (tertiary/aromatic N) is 4. The molecule has 4 aromatic rings. The van der Waals surface area contributed by atoms with E-state index in [4.69, 9.17) is 0 Å². The van der Waals surface area contributed by atoms with Crippen molar-refractivity contribution >= 4 is 21.9 Å². The van der Waals surface area contributed by atoms with E-state index in [9.17, 15) is 0 Å². The van der Waals surface area contributed by atoms with Gasteiger partial charge in [-0.3, -0.25) is 4.98 Å². The Hall–Kier alpha value is -2.75. The Balaban J connectivity index is 2.07. The first-order valence-corrected chi connectivity index (χ1v) is 6.91. The van der Waals surface area contributed by atoms with E-state index in [1.807, 2.05) is 35.1 Å². The largest absolute Gasteiger partial charge is 0.256 e. The molecule has 4 heteroatoms. The molecular weight excluding hydrogens is 260 g/mol. The van der Waals surface area contributed by atoms with E-state index in [2.05, 4.69) is 47.3 Å². The Kier molecular flexibility index (Phi) is 2.51. The van der Waals surface area contributed by atoms with Crippen LogP contribution >= 0.6 is 0 Å². The summed E-state index contributed by atoms with van der Waals surface area (Å²) < 4.78 is 1.89. The predicted octanol–water partition coefficient (Wildman–Crippen LogP) is 3.59. The smallest absolute Gasteiger partial charge is 0.113 e. The van der Waals surface area contributed by atoms with Gasteiger partial charge in [-0.05, 0) is 49.2 Å². The normalized spacial score (nSPS) is 11.3. The summed E-state index contributed by atoms with van der Waals surface area (Å²) in [5, 5.41) is 9.71. The van der Waals surface area contributed by atoms with Gasteiger partial charge in [-0.15, -0.1) is 5.10 Å². The molecule has 0 spiro atoms. The van der Waals surface area contributed by atoms with Crippen LogP contribution < -0.4 is 0 Å². The molecule has 0 saturated heterocycles. The molecule has 2 aromatic heterocycles. The van der Waals surface area contributed by atoms with E-state index >= 15 is 0 Å². The van der Waals surface area contributed by atoms with Crippen LogP contribution in [0.5, 0.6) is 0 Å². The van der Waals surface area contributed by atoms with Gasteiger partial charge < -0.3 is 0 Å². The van der Waals surface area contributed by atoms with Gasteiger partial charge in [-0.25, -0.2) is 4.68 Å². The molecule has 2 aromatic carbocycles. The van der Waals surface area contributed by atoms with Crippen LogP contribution in [0.4, 0.5) is 0 Å². The van der Waals surface area contributed by atoms with Gasteiger partial charge in [0, 0.05) is 11.6 Å². The second-order valence-electron chi connectivity index (χ2n) is 5.27. The zero-order valence-electron chi connectivity index (χ0n) is 11.9.